The Morgan fingerprint density at radius 2 is 1.95 bits per heavy atom. The Balaban J connectivity index is 1.55. The number of hydrogen-bond donors (Lipinski definition) is 1. The highest BCUT2D eigenvalue weighted by molar-refractivity contribution is 5.86. The molecule has 0 aromatic carbocycles. The second-order valence-electron chi connectivity index (χ2n) is 6.72. The Labute approximate surface area is 130 Å². The molecule has 1 saturated heterocycles. The van der Waals surface area contributed by atoms with E-state index >= 15 is 0 Å². The topological polar surface area (TPSA) is 82.3 Å². The van der Waals surface area contributed by atoms with Gasteiger partial charge in [-0.25, -0.2) is 4.79 Å². The Bertz CT molecular complexity index is 551. The maximum atomic E-state index is 12.4. The van der Waals surface area contributed by atoms with Gasteiger partial charge < -0.3 is 10.0 Å². The van der Waals surface area contributed by atoms with Gasteiger partial charge in [0.15, 0.2) is 5.66 Å². The minimum Gasteiger partial charge on any atom is -0.480 e. The average molecular weight is 303 g/mol. The summed E-state index contributed by atoms with van der Waals surface area (Å²) >= 11 is 0. The predicted molar refractivity (Wildman–Crippen MR) is 78.9 cm³/mol. The predicted octanol–water partition coefficient (Wildman–Crippen LogP) is 2.20. The summed E-state index contributed by atoms with van der Waals surface area (Å²) < 4.78 is 0. The molecule has 1 unspecified atom stereocenters. The van der Waals surface area contributed by atoms with Crippen molar-refractivity contribution in [3.05, 3.63) is 0 Å². The standard InChI is InChI=1S/C16H21N3O3/c1-2-3-9-16(17-18-16)10-6-12(20)19-11-15(7-4-5-8-15)13(19)14(21)22/h1,13H,3-11H2,(H,21,22). The van der Waals surface area contributed by atoms with Crippen LogP contribution in [-0.4, -0.2) is 40.1 Å². The van der Waals surface area contributed by atoms with Crippen molar-refractivity contribution in [1.29, 1.82) is 0 Å². The van der Waals surface area contributed by atoms with Gasteiger partial charge in [0.2, 0.25) is 5.91 Å². The van der Waals surface area contributed by atoms with Crippen LogP contribution in [0.1, 0.15) is 51.4 Å². The molecule has 0 radical (unpaired) electrons. The maximum Gasteiger partial charge on any atom is 0.327 e. The number of rotatable bonds is 6. The number of nitrogens with zero attached hydrogens (tertiary/aromatic N) is 3. The molecular formula is C16H21N3O3. The fraction of sp³-hybridized carbons (Fsp3) is 0.750. The Morgan fingerprint density at radius 1 is 1.27 bits per heavy atom. The van der Waals surface area contributed by atoms with E-state index in [1.807, 2.05) is 0 Å². The molecule has 0 aromatic heterocycles. The molecule has 2 fully saturated rings. The molecule has 3 rings (SSSR count). The Morgan fingerprint density at radius 3 is 2.50 bits per heavy atom. The minimum atomic E-state index is -0.871. The molecule has 0 bridgehead atoms. The van der Waals surface area contributed by atoms with E-state index < -0.39 is 17.7 Å². The summed E-state index contributed by atoms with van der Waals surface area (Å²) in [7, 11) is 0. The number of carboxylic acids is 1. The molecule has 1 spiro atoms. The molecule has 1 amide bonds. The van der Waals surface area contributed by atoms with Crippen molar-refractivity contribution in [2.75, 3.05) is 6.54 Å². The van der Waals surface area contributed by atoms with Crippen molar-refractivity contribution in [3.8, 4) is 12.3 Å². The third kappa shape index (κ3) is 2.49. The zero-order valence-corrected chi connectivity index (χ0v) is 12.6. The fourth-order valence-corrected chi connectivity index (χ4v) is 3.99. The monoisotopic (exact) mass is 303 g/mol. The van der Waals surface area contributed by atoms with Crippen molar-refractivity contribution in [2.24, 2.45) is 15.6 Å². The van der Waals surface area contributed by atoms with Gasteiger partial charge in [-0.15, -0.1) is 12.3 Å². The molecule has 2 heterocycles. The van der Waals surface area contributed by atoms with Gasteiger partial charge in [-0.05, 0) is 12.8 Å². The lowest BCUT2D eigenvalue weighted by Crippen LogP contribution is -2.68. The molecule has 1 atom stereocenters. The van der Waals surface area contributed by atoms with Crippen LogP contribution in [0.3, 0.4) is 0 Å². The van der Waals surface area contributed by atoms with E-state index in [0.29, 0.717) is 25.8 Å². The van der Waals surface area contributed by atoms with Crippen LogP contribution in [0.4, 0.5) is 0 Å². The Hall–Kier alpha value is -1.90. The summed E-state index contributed by atoms with van der Waals surface area (Å²) in [5, 5.41) is 17.5. The van der Waals surface area contributed by atoms with Crippen molar-refractivity contribution in [1.82, 2.24) is 4.90 Å². The van der Waals surface area contributed by atoms with Crippen LogP contribution in [0.25, 0.3) is 0 Å². The maximum absolute atomic E-state index is 12.4. The van der Waals surface area contributed by atoms with Crippen molar-refractivity contribution < 1.29 is 14.7 Å². The largest absolute Gasteiger partial charge is 0.480 e. The summed E-state index contributed by atoms with van der Waals surface area (Å²) in [5.74, 6) is 1.59. The van der Waals surface area contributed by atoms with Crippen LogP contribution in [0.15, 0.2) is 10.2 Å². The first kappa shape index (κ1) is 15.0. The first-order chi connectivity index (χ1) is 10.5. The van der Waals surface area contributed by atoms with E-state index in [0.717, 1.165) is 25.7 Å². The highest BCUT2D eigenvalue weighted by Crippen LogP contribution is 2.51. The van der Waals surface area contributed by atoms with Gasteiger partial charge in [0, 0.05) is 37.6 Å². The lowest BCUT2D eigenvalue weighted by atomic mass is 9.70. The van der Waals surface area contributed by atoms with Crippen molar-refractivity contribution >= 4 is 11.9 Å². The molecule has 22 heavy (non-hydrogen) atoms. The van der Waals surface area contributed by atoms with Gasteiger partial charge in [0.25, 0.3) is 0 Å². The van der Waals surface area contributed by atoms with E-state index in [1.165, 1.54) is 4.90 Å². The van der Waals surface area contributed by atoms with E-state index in [2.05, 4.69) is 16.1 Å². The van der Waals surface area contributed by atoms with Crippen LogP contribution in [-0.2, 0) is 9.59 Å². The van der Waals surface area contributed by atoms with E-state index in [1.54, 1.807) is 0 Å². The second-order valence-corrected chi connectivity index (χ2v) is 6.72. The quantitative estimate of drug-likeness (QED) is 0.764. The molecule has 2 aliphatic heterocycles. The van der Waals surface area contributed by atoms with E-state index in [4.69, 9.17) is 6.42 Å². The van der Waals surface area contributed by atoms with Crippen LogP contribution in [0, 0.1) is 17.8 Å². The lowest BCUT2D eigenvalue weighted by molar-refractivity contribution is -0.175. The van der Waals surface area contributed by atoms with Gasteiger partial charge in [0.05, 0.1) is 0 Å². The van der Waals surface area contributed by atoms with Gasteiger partial charge in [-0.2, -0.15) is 10.2 Å². The first-order valence-corrected chi connectivity index (χ1v) is 7.92. The van der Waals surface area contributed by atoms with Gasteiger partial charge >= 0.3 is 5.97 Å². The number of terminal acetylenes is 1. The van der Waals surface area contributed by atoms with E-state index in [-0.39, 0.29) is 17.7 Å². The molecule has 6 heteroatoms. The lowest BCUT2D eigenvalue weighted by Gasteiger charge is -2.54. The molecule has 6 nitrogen and oxygen atoms in total. The molecule has 3 aliphatic rings. The number of carboxylic acid groups (broad SMARTS) is 1. The summed E-state index contributed by atoms with van der Waals surface area (Å²) in [6, 6.07) is -0.641. The van der Waals surface area contributed by atoms with Crippen LogP contribution < -0.4 is 0 Å². The van der Waals surface area contributed by atoms with Crippen LogP contribution in [0.5, 0.6) is 0 Å². The minimum absolute atomic E-state index is 0.0951. The third-order valence-corrected chi connectivity index (χ3v) is 5.32. The summed E-state index contributed by atoms with van der Waals surface area (Å²) in [5.41, 5.74) is -0.645. The third-order valence-electron chi connectivity index (χ3n) is 5.32. The first-order valence-electron chi connectivity index (χ1n) is 7.92. The second kappa shape index (κ2) is 5.38. The van der Waals surface area contributed by atoms with E-state index in [9.17, 15) is 14.7 Å². The number of likely N-dealkylation sites (tertiary alicyclic amines) is 1. The van der Waals surface area contributed by atoms with Crippen molar-refractivity contribution in [2.45, 2.75) is 63.1 Å². The van der Waals surface area contributed by atoms with Gasteiger partial charge in [-0.3, -0.25) is 4.79 Å². The zero-order valence-electron chi connectivity index (χ0n) is 12.6. The molecular weight excluding hydrogens is 282 g/mol. The van der Waals surface area contributed by atoms with Crippen molar-refractivity contribution in [3.63, 3.8) is 0 Å². The highest BCUT2D eigenvalue weighted by atomic mass is 16.4. The van der Waals surface area contributed by atoms with Gasteiger partial charge in [-0.1, -0.05) is 12.8 Å². The molecule has 118 valence electrons. The molecule has 1 aliphatic carbocycles. The number of amides is 1. The number of carbonyl (C=O) groups excluding carboxylic acids is 1. The Kier molecular flexibility index (Phi) is 3.67. The summed E-state index contributed by atoms with van der Waals surface area (Å²) in [6.07, 6.45) is 11.3. The van der Waals surface area contributed by atoms with Gasteiger partial charge in [0.1, 0.15) is 6.04 Å². The summed E-state index contributed by atoms with van der Waals surface area (Å²) in [4.78, 5) is 25.5. The summed E-state index contributed by atoms with van der Waals surface area (Å²) in [6.45, 7) is 0.592. The normalized spacial score (nSPS) is 26.5. The smallest absolute Gasteiger partial charge is 0.327 e. The zero-order chi connectivity index (χ0) is 15.8. The van der Waals surface area contributed by atoms with Crippen LogP contribution in [0.2, 0.25) is 0 Å². The molecule has 1 saturated carbocycles. The molecule has 0 aromatic rings. The number of carbonyl (C=O) groups is 2. The average Bonchev–Trinajstić information content (AvgIpc) is 3.04. The van der Waals surface area contributed by atoms with Crippen LogP contribution >= 0.6 is 0 Å². The number of hydrogen-bond acceptors (Lipinski definition) is 4. The molecule has 1 N–H and O–H groups in total. The number of aliphatic carboxylic acids is 1. The SMILES string of the molecule is C#CCCC1(CCC(=O)N2CC3(CCCC3)C2C(=O)O)N=N1. The fourth-order valence-electron chi connectivity index (χ4n) is 3.99. The highest BCUT2D eigenvalue weighted by Gasteiger charge is 2.58.